The molecule has 2 atom stereocenters. The summed E-state index contributed by atoms with van der Waals surface area (Å²) >= 11 is 0. The highest BCUT2D eigenvalue weighted by molar-refractivity contribution is 5.99. The van der Waals surface area contributed by atoms with Crippen LogP contribution in [0.3, 0.4) is 0 Å². The number of nitrogens with one attached hydrogen (secondary N) is 1. The van der Waals surface area contributed by atoms with Crippen LogP contribution in [-0.4, -0.2) is 59.6 Å². The van der Waals surface area contributed by atoms with Crippen LogP contribution in [0.25, 0.3) is 0 Å². The van der Waals surface area contributed by atoms with Crippen molar-refractivity contribution < 1.29 is 24.2 Å². The van der Waals surface area contributed by atoms with Gasteiger partial charge in [-0.3, -0.25) is 9.59 Å². The molecule has 0 aromatic heterocycles. The smallest absolute Gasteiger partial charge is 0.334 e. The third kappa shape index (κ3) is 3.56. The molecule has 2 rings (SSSR count). The zero-order valence-electron chi connectivity index (χ0n) is 13.8. The highest BCUT2D eigenvalue weighted by Gasteiger charge is 2.45. The minimum Gasteiger partial charge on any atom is -0.479 e. The standard InChI is InChI=1S/C17H22N2O5/c1-17(16(23)18-11-13(24-2)15(21)22)9-6-10-19(17)14(20)12-7-4-3-5-8-12/h3-5,7-8,13H,6,9-11H2,1-2H3,(H,18,23)(H,21,22). The summed E-state index contributed by atoms with van der Waals surface area (Å²) in [5.74, 6) is -1.72. The van der Waals surface area contributed by atoms with Gasteiger partial charge in [-0.15, -0.1) is 0 Å². The molecule has 1 aromatic carbocycles. The number of hydrogen-bond acceptors (Lipinski definition) is 4. The second-order valence-electron chi connectivity index (χ2n) is 5.97. The maximum Gasteiger partial charge on any atom is 0.334 e. The van der Waals surface area contributed by atoms with E-state index in [0.29, 0.717) is 18.5 Å². The maximum absolute atomic E-state index is 12.7. The quantitative estimate of drug-likeness (QED) is 0.806. The number of nitrogens with zero attached hydrogens (tertiary/aromatic N) is 1. The number of methoxy groups -OCH3 is 1. The average molecular weight is 334 g/mol. The van der Waals surface area contributed by atoms with Gasteiger partial charge in [-0.2, -0.15) is 0 Å². The first-order valence-electron chi connectivity index (χ1n) is 7.81. The Hall–Kier alpha value is -2.41. The van der Waals surface area contributed by atoms with E-state index in [9.17, 15) is 14.4 Å². The molecule has 1 saturated heterocycles. The topological polar surface area (TPSA) is 95.9 Å². The fourth-order valence-electron chi connectivity index (χ4n) is 2.91. The maximum atomic E-state index is 12.7. The van der Waals surface area contributed by atoms with Gasteiger partial charge in [0, 0.05) is 19.2 Å². The van der Waals surface area contributed by atoms with E-state index >= 15 is 0 Å². The van der Waals surface area contributed by atoms with Gasteiger partial charge in [0.05, 0.1) is 6.54 Å². The summed E-state index contributed by atoms with van der Waals surface area (Å²) in [6.07, 6.45) is 0.134. The first-order valence-corrected chi connectivity index (χ1v) is 7.81. The van der Waals surface area contributed by atoms with Crippen LogP contribution in [0, 0.1) is 0 Å². The van der Waals surface area contributed by atoms with Crippen molar-refractivity contribution in [1.82, 2.24) is 10.2 Å². The number of carboxylic acids is 1. The Morgan fingerprint density at radius 3 is 2.58 bits per heavy atom. The van der Waals surface area contributed by atoms with E-state index in [4.69, 9.17) is 9.84 Å². The lowest BCUT2D eigenvalue weighted by molar-refractivity contribution is -0.148. The summed E-state index contributed by atoms with van der Waals surface area (Å²) in [5, 5.41) is 11.6. The first-order chi connectivity index (χ1) is 11.4. The van der Waals surface area contributed by atoms with Crippen LogP contribution in [0.4, 0.5) is 0 Å². The van der Waals surface area contributed by atoms with Crippen molar-refractivity contribution >= 4 is 17.8 Å². The van der Waals surface area contributed by atoms with Crippen LogP contribution in [0.5, 0.6) is 0 Å². The van der Waals surface area contributed by atoms with E-state index in [-0.39, 0.29) is 18.4 Å². The molecule has 7 nitrogen and oxygen atoms in total. The lowest BCUT2D eigenvalue weighted by Crippen LogP contribution is -2.56. The van der Waals surface area contributed by atoms with Crippen molar-refractivity contribution in [1.29, 1.82) is 0 Å². The van der Waals surface area contributed by atoms with Gasteiger partial charge in [0.15, 0.2) is 6.10 Å². The molecule has 24 heavy (non-hydrogen) atoms. The SMILES string of the molecule is COC(CNC(=O)C1(C)CCCN1C(=O)c1ccccc1)C(=O)O. The molecule has 1 heterocycles. The van der Waals surface area contributed by atoms with E-state index in [2.05, 4.69) is 5.32 Å². The van der Waals surface area contributed by atoms with E-state index in [0.717, 1.165) is 6.42 Å². The highest BCUT2D eigenvalue weighted by atomic mass is 16.5. The number of carbonyl (C=O) groups is 3. The molecule has 1 fully saturated rings. The van der Waals surface area contributed by atoms with E-state index < -0.39 is 17.6 Å². The second-order valence-corrected chi connectivity index (χ2v) is 5.97. The number of hydrogen-bond donors (Lipinski definition) is 2. The van der Waals surface area contributed by atoms with Gasteiger partial charge in [-0.05, 0) is 31.9 Å². The van der Waals surface area contributed by atoms with Crippen LogP contribution >= 0.6 is 0 Å². The van der Waals surface area contributed by atoms with E-state index in [1.807, 2.05) is 6.07 Å². The van der Waals surface area contributed by atoms with E-state index in [1.165, 1.54) is 7.11 Å². The summed E-state index contributed by atoms with van der Waals surface area (Å²) in [7, 11) is 1.27. The van der Waals surface area contributed by atoms with E-state index in [1.54, 1.807) is 36.1 Å². The molecule has 0 saturated carbocycles. The second kappa shape index (κ2) is 7.44. The zero-order valence-corrected chi connectivity index (χ0v) is 13.8. The van der Waals surface area contributed by atoms with Crippen molar-refractivity contribution in [2.45, 2.75) is 31.4 Å². The Balaban J connectivity index is 2.10. The summed E-state index contributed by atoms with van der Waals surface area (Å²) in [6, 6.07) is 8.80. The first kappa shape index (κ1) is 17.9. The minimum absolute atomic E-state index is 0.145. The highest BCUT2D eigenvalue weighted by Crippen LogP contribution is 2.30. The van der Waals surface area contributed by atoms with Crippen molar-refractivity contribution in [2.75, 3.05) is 20.2 Å². The molecular formula is C17H22N2O5. The van der Waals surface area contributed by atoms with Gasteiger partial charge in [-0.25, -0.2) is 4.79 Å². The molecule has 0 radical (unpaired) electrons. The summed E-state index contributed by atoms with van der Waals surface area (Å²) in [4.78, 5) is 37.8. The number of carboxylic acid groups (broad SMARTS) is 1. The molecule has 2 unspecified atom stereocenters. The van der Waals surface area contributed by atoms with Crippen LogP contribution in [0.1, 0.15) is 30.1 Å². The van der Waals surface area contributed by atoms with Gasteiger partial charge in [0.1, 0.15) is 5.54 Å². The molecule has 0 bridgehead atoms. The van der Waals surface area contributed by atoms with Gasteiger partial charge in [0.2, 0.25) is 5.91 Å². The van der Waals surface area contributed by atoms with Crippen LogP contribution in [0.2, 0.25) is 0 Å². The van der Waals surface area contributed by atoms with Gasteiger partial charge >= 0.3 is 5.97 Å². The number of aliphatic carboxylic acids is 1. The van der Waals surface area contributed by atoms with Crippen LogP contribution in [0.15, 0.2) is 30.3 Å². The molecule has 1 aliphatic heterocycles. The lowest BCUT2D eigenvalue weighted by Gasteiger charge is -2.34. The third-order valence-corrected chi connectivity index (χ3v) is 4.40. The normalized spacial score (nSPS) is 21.3. The monoisotopic (exact) mass is 334 g/mol. The fraction of sp³-hybridized carbons (Fsp3) is 0.471. The van der Waals surface area contributed by atoms with Gasteiger partial charge in [-0.1, -0.05) is 18.2 Å². The minimum atomic E-state index is -1.15. The molecule has 0 spiro atoms. The molecule has 1 aliphatic rings. The Bertz CT molecular complexity index is 619. The number of likely N-dealkylation sites (tertiary alicyclic amines) is 1. The summed E-state index contributed by atoms with van der Waals surface area (Å²) < 4.78 is 4.81. The number of rotatable bonds is 6. The zero-order chi connectivity index (χ0) is 17.7. The number of carbonyl (C=O) groups excluding carboxylic acids is 2. The Morgan fingerprint density at radius 2 is 2.00 bits per heavy atom. The Labute approximate surface area is 140 Å². The van der Waals surface area contributed by atoms with Gasteiger partial charge < -0.3 is 20.1 Å². The number of ether oxygens (including phenoxy) is 1. The number of benzene rings is 1. The van der Waals surface area contributed by atoms with Crippen LogP contribution in [-0.2, 0) is 14.3 Å². The van der Waals surface area contributed by atoms with Crippen molar-refractivity contribution in [3.05, 3.63) is 35.9 Å². The molecular weight excluding hydrogens is 312 g/mol. The van der Waals surface area contributed by atoms with Crippen molar-refractivity contribution in [3.63, 3.8) is 0 Å². The average Bonchev–Trinajstić information content (AvgIpc) is 2.98. The van der Waals surface area contributed by atoms with Crippen molar-refractivity contribution in [3.8, 4) is 0 Å². The molecule has 7 heteroatoms. The number of amides is 2. The summed E-state index contributed by atoms with van der Waals surface area (Å²) in [6.45, 7) is 2.05. The molecule has 2 amide bonds. The molecule has 1 aromatic rings. The predicted molar refractivity (Wildman–Crippen MR) is 86.6 cm³/mol. The summed E-state index contributed by atoms with van der Waals surface area (Å²) in [5.41, 5.74) is -0.470. The van der Waals surface area contributed by atoms with Crippen LogP contribution < -0.4 is 5.32 Å². The third-order valence-electron chi connectivity index (χ3n) is 4.40. The predicted octanol–water partition coefficient (Wildman–Crippen LogP) is 0.897. The molecule has 0 aliphatic carbocycles. The Morgan fingerprint density at radius 1 is 1.33 bits per heavy atom. The largest absolute Gasteiger partial charge is 0.479 e. The van der Waals surface area contributed by atoms with Gasteiger partial charge in [0.25, 0.3) is 5.91 Å². The molecule has 130 valence electrons. The van der Waals surface area contributed by atoms with Crippen molar-refractivity contribution in [2.24, 2.45) is 0 Å². The molecule has 2 N–H and O–H groups in total. The lowest BCUT2D eigenvalue weighted by atomic mass is 9.96. The fourth-order valence-corrected chi connectivity index (χ4v) is 2.91. The Kier molecular flexibility index (Phi) is 5.56.